The highest BCUT2D eigenvalue weighted by Crippen LogP contribution is 2.31. The molecule has 0 amide bonds. The van der Waals surface area contributed by atoms with Crippen LogP contribution in [0.4, 0.5) is 13.2 Å². The van der Waals surface area contributed by atoms with Crippen LogP contribution in [0.2, 0.25) is 0 Å². The first-order valence-electron chi connectivity index (χ1n) is 8.99. The SMILES string of the molecule is CC(OC(=O)C(F)(F)F)c1cc2c(-c3ccc(S(=O)(=O)NCCO)cc3)ccnc2[nH]1. The Morgan fingerprint density at radius 3 is 2.55 bits per heavy atom. The number of H-pyrrole nitrogens is 1. The molecule has 0 fully saturated rings. The van der Waals surface area contributed by atoms with Crippen molar-refractivity contribution < 1.29 is 36.2 Å². The third-order valence-electron chi connectivity index (χ3n) is 4.39. The van der Waals surface area contributed by atoms with Crippen LogP contribution in [-0.4, -0.2) is 48.8 Å². The van der Waals surface area contributed by atoms with Crippen LogP contribution in [0.25, 0.3) is 22.2 Å². The quantitative estimate of drug-likeness (QED) is 0.469. The van der Waals surface area contributed by atoms with Gasteiger partial charge in [0.05, 0.1) is 17.2 Å². The molecule has 0 saturated carbocycles. The number of aromatic amines is 1. The fraction of sp³-hybridized carbons (Fsp3) is 0.263. The Morgan fingerprint density at radius 1 is 1.26 bits per heavy atom. The molecule has 0 saturated heterocycles. The third kappa shape index (κ3) is 5.03. The average Bonchev–Trinajstić information content (AvgIpc) is 3.16. The number of fused-ring (bicyclic) bond motifs is 1. The summed E-state index contributed by atoms with van der Waals surface area (Å²) in [5.41, 5.74) is 1.87. The third-order valence-corrected chi connectivity index (χ3v) is 5.86. The molecule has 31 heavy (non-hydrogen) atoms. The number of carbonyl (C=O) groups is 1. The molecule has 0 bridgehead atoms. The number of nitrogens with zero attached hydrogens (tertiary/aromatic N) is 1. The summed E-state index contributed by atoms with van der Waals surface area (Å²) in [4.78, 5) is 18.1. The first-order chi connectivity index (χ1) is 14.5. The van der Waals surface area contributed by atoms with Crippen LogP contribution in [-0.2, 0) is 19.6 Å². The zero-order valence-electron chi connectivity index (χ0n) is 16.1. The fourth-order valence-electron chi connectivity index (χ4n) is 2.89. The molecule has 0 aliphatic carbocycles. The lowest BCUT2D eigenvalue weighted by Crippen LogP contribution is -2.26. The van der Waals surface area contributed by atoms with Crippen molar-refractivity contribution in [3.8, 4) is 11.1 Å². The zero-order valence-corrected chi connectivity index (χ0v) is 16.9. The molecule has 0 aliphatic heterocycles. The number of hydrogen-bond donors (Lipinski definition) is 3. The van der Waals surface area contributed by atoms with Crippen LogP contribution in [0.3, 0.4) is 0 Å². The van der Waals surface area contributed by atoms with Crippen molar-refractivity contribution in [1.29, 1.82) is 0 Å². The van der Waals surface area contributed by atoms with Gasteiger partial charge in [0.2, 0.25) is 10.0 Å². The highest BCUT2D eigenvalue weighted by Gasteiger charge is 2.42. The van der Waals surface area contributed by atoms with Crippen LogP contribution in [0.5, 0.6) is 0 Å². The lowest BCUT2D eigenvalue weighted by Gasteiger charge is -2.12. The van der Waals surface area contributed by atoms with Gasteiger partial charge in [0.25, 0.3) is 0 Å². The lowest BCUT2D eigenvalue weighted by atomic mass is 10.0. The molecule has 3 aromatic rings. The minimum Gasteiger partial charge on any atom is -0.450 e. The van der Waals surface area contributed by atoms with Gasteiger partial charge in [-0.3, -0.25) is 0 Å². The second-order valence-corrected chi connectivity index (χ2v) is 8.30. The predicted octanol–water partition coefficient (Wildman–Crippen LogP) is 2.67. The van der Waals surface area contributed by atoms with E-state index in [-0.39, 0.29) is 23.7 Å². The molecule has 0 spiro atoms. The van der Waals surface area contributed by atoms with Gasteiger partial charge in [0.15, 0.2) is 0 Å². The Hall–Kier alpha value is -2.96. The standard InChI is InChI=1S/C19H18F3N3O5S/c1-11(30-18(27)19(20,21)22)16-10-15-14(6-7-23-17(15)25-16)12-2-4-13(5-3-12)31(28,29)24-8-9-26/h2-7,10-11,24,26H,8-9H2,1H3,(H,23,25). The molecule has 0 aliphatic rings. The maximum Gasteiger partial charge on any atom is 0.490 e. The van der Waals surface area contributed by atoms with E-state index in [1.165, 1.54) is 31.3 Å². The van der Waals surface area contributed by atoms with E-state index in [0.29, 0.717) is 22.2 Å². The number of pyridine rings is 1. The number of benzene rings is 1. The molecular weight excluding hydrogens is 439 g/mol. The number of aliphatic hydroxyl groups is 1. The molecule has 2 heterocycles. The Bertz CT molecular complexity index is 1190. The van der Waals surface area contributed by atoms with Gasteiger partial charge < -0.3 is 14.8 Å². The number of aliphatic hydroxyl groups excluding tert-OH is 1. The van der Waals surface area contributed by atoms with E-state index in [0.717, 1.165) is 0 Å². The summed E-state index contributed by atoms with van der Waals surface area (Å²) in [7, 11) is -3.76. The van der Waals surface area contributed by atoms with E-state index in [1.807, 2.05) is 0 Å². The summed E-state index contributed by atoms with van der Waals surface area (Å²) in [5, 5.41) is 9.34. The van der Waals surface area contributed by atoms with Crippen molar-refractivity contribution in [1.82, 2.24) is 14.7 Å². The van der Waals surface area contributed by atoms with Crippen molar-refractivity contribution in [2.75, 3.05) is 13.2 Å². The Balaban J connectivity index is 1.91. The summed E-state index contributed by atoms with van der Waals surface area (Å²) >= 11 is 0. The summed E-state index contributed by atoms with van der Waals surface area (Å²) in [5.74, 6) is -2.29. The molecule has 1 atom stereocenters. The van der Waals surface area contributed by atoms with Gasteiger partial charge in [-0.05, 0) is 42.3 Å². The lowest BCUT2D eigenvalue weighted by molar-refractivity contribution is -0.204. The number of nitrogens with one attached hydrogen (secondary N) is 2. The van der Waals surface area contributed by atoms with E-state index in [9.17, 15) is 26.4 Å². The summed E-state index contributed by atoms with van der Waals surface area (Å²) in [6, 6.07) is 9.12. The molecule has 166 valence electrons. The Morgan fingerprint density at radius 2 is 1.94 bits per heavy atom. The van der Waals surface area contributed by atoms with Gasteiger partial charge in [0.1, 0.15) is 11.8 Å². The topological polar surface area (TPSA) is 121 Å². The fourth-order valence-corrected chi connectivity index (χ4v) is 3.91. The van der Waals surface area contributed by atoms with Gasteiger partial charge in [-0.1, -0.05) is 12.1 Å². The summed E-state index contributed by atoms with van der Waals surface area (Å²) < 4.78 is 68.3. The van der Waals surface area contributed by atoms with Crippen molar-refractivity contribution in [2.24, 2.45) is 0 Å². The monoisotopic (exact) mass is 457 g/mol. The number of alkyl halides is 3. The van der Waals surface area contributed by atoms with Gasteiger partial charge in [-0.15, -0.1) is 0 Å². The predicted molar refractivity (Wildman–Crippen MR) is 104 cm³/mol. The van der Waals surface area contributed by atoms with Crippen molar-refractivity contribution in [3.05, 3.63) is 48.3 Å². The van der Waals surface area contributed by atoms with E-state index in [1.54, 1.807) is 18.2 Å². The van der Waals surface area contributed by atoms with Gasteiger partial charge in [-0.2, -0.15) is 13.2 Å². The number of esters is 1. The molecule has 3 rings (SSSR count). The maximum atomic E-state index is 12.4. The molecule has 3 N–H and O–H groups in total. The van der Waals surface area contributed by atoms with Crippen LogP contribution in [0.1, 0.15) is 18.7 Å². The van der Waals surface area contributed by atoms with Crippen molar-refractivity contribution >= 4 is 27.0 Å². The highest BCUT2D eigenvalue weighted by atomic mass is 32.2. The highest BCUT2D eigenvalue weighted by molar-refractivity contribution is 7.89. The second-order valence-electron chi connectivity index (χ2n) is 6.54. The first-order valence-corrected chi connectivity index (χ1v) is 10.5. The van der Waals surface area contributed by atoms with Crippen molar-refractivity contribution in [3.63, 3.8) is 0 Å². The first kappa shape index (κ1) is 22.7. The Kier molecular flexibility index (Phi) is 6.34. The number of aromatic nitrogens is 2. The van der Waals surface area contributed by atoms with Crippen LogP contribution >= 0.6 is 0 Å². The summed E-state index contributed by atoms with van der Waals surface area (Å²) in [6.45, 7) is 0.851. The molecule has 0 radical (unpaired) electrons. The Labute approximate surface area is 175 Å². The molecule has 1 unspecified atom stereocenters. The average molecular weight is 457 g/mol. The number of ether oxygens (including phenoxy) is 1. The second kappa shape index (κ2) is 8.65. The van der Waals surface area contributed by atoms with E-state index >= 15 is 0 Å². The van der Waals surface area contributed by atoms with Gasteiger partial charge >= 0.3 is 12.1 Å². The minimum absolute atomic E-state index is 0.0115. The molecule has 2 aromatic heterocycles. The summed E-state index contributed by atoms with van der Waals surface area (Å²) in [6.07, 6.45) is -4.81. The molecular formula is C19H18F3N3O5S. The maximum absolute atomic E-state index is 12.4. The zero-order chi connectivity index (χ0) is 22.8. The van der Waals surface area contributed by atoms with Gasteiger partial charge in [0, 0.05) is 18.1 Å². The number of hydrogen-bond acceptors (Lipinski definition) is 6. The largest absolute Gasteiger partial charge is 0.490 e. The van der Waals surface area contributed by atoms with Crippen LogP contribution in [0.15, 0.2) is 47.5 Å². The van der Waals surface area contributed by atoms with E-state index in [4.69, 9.17) is 5.11 Å². The minimum atomic E-state index is -5.10. The molecule has 12 heteroatoms. The van der Waals surface area contributed by atoms with E-state index in [2.05, 4.69) is 19.4 Å². The molecule has 1 aromatic carbocycles. The number of rotatable bonds is 7. The smallest absolute Gasteiger partial charge is 0.450 e. The van der Waals surface area contributed by atoms with E-state index < -0.39 is 28.3 Å². The van der Waals surface area contributed by atoms with Gasteiger partial charge in [-0.25, -0.2) is 22.9 Å². The number of halogens is 3. The van der Waals surface area contributed by atoms with Crippen molar-refractivity contribution in [2.45, 2.75) is 24.1 Å². The normalized spacial score (nSPS) is 13.3. The number of sulfonamides is 1. The number of carbonyl (C=O) groups excluding carboxylic acids is 1. The van der Waals surface area contributed by atoms with Crippen LogP contribution in [0, 0.1) is 0 Å². The molecule has 8 nitrogen and oxygen atoms in total. The van der Waals surface area contributed by atoms with Crippen LogP contribution < -0.4 is 4.72 Å².